The highest BCUT2D eigenvalue weighted by atomic mass is 16.6. The molecule has 1 atom stereocenters. The van der Waals surface area contributed by atoms with Crippen LogP contribution in [0.4, 0.5) is 17.1 Å². The van der Waals surface area contributed by atoms with E-state index in [4.69, 9.17) is 0 Å². The van der Waals surface area contributed by atoms with Crippen LogP contribution in [0.15, 0.2) is 70.9 Å². The minimum atomic E-state index is -0.993. The molecule has 0 aliphatic carbocycles. The van der Waals surface area contributed by atoms with E-state index in [1.54, 1.807) is 30.3 Å². The number of benzene rings is 3. The van der Waals surface area contributed by atoms with Gasteiger partial charge in [0.05, 0.1) is 15.9 Å². The highest BCUT2D eigenvalue weighted by Gasteiger charge is 2.23. The number of phenolic OH excluding ortho intramolecular Hbond substituents is 3. The molecular weight excluding hydrogens is 396 g/mol. The Morgan fingerprint density at radius 3 is 2.17 bits per heavy atom. The number of hydrogen-bond donors (Lipinski definition) is 3. The molecule has 11 heteroatoms. The van der Waals surface area contributed by atoms with Gasteiger partial charge in [-0.15, -0.1) is 5.11 Å². The lowest BCUT2D eigenvalue weighted by molar-refractivity contribution is -0.393. The molecule has 0 amide bonds. The quantitative estimate of drug-likeness (QED) is 0.232. The molecule has 3 aromatic carbocycles. The van der Waals surface area contributed by atoms with Crippen LogP contribution in [0.3, 0.4) is 0 Å². The Kier molecular flexibility index (Phi) is 5.54. The summed E-state index contributed by atoms with van der Waals surface area (Å²) in [6, 6.07) is 12.9. The van der Waals surface area contributed by atoms with Gasteiger partial charge >= 0.3 is 5.69 Å². The Labute approximate surface area is 168 Å². The molecule has 0 aliphatic rings. The van der Waals surface area contributed by atoms with Crippen LogP contribution < -0.4 is 0 Å². The lowest BCUT2D eigenvalue weighted by Gasteiger charge is -2.15. The van der Waals surface area contributed by atoms with Crippen LogP contribution in [-0.4, -0.2) is 25.2 Å². The van der Waals surface area contributed by atoms with Gasteiger partial charge in [-0.3, -0.25) is 20.2 Å². The van der Waals surface area contributed by atoms with E-state index in [2.05, 4.69) is 10.2 Å². The normalized spacial score (nSPS) is 12.0. The Hall–Kier alpha value is -4.54. The Balaban J connectivity index is 2.12. The number of nitro benzene ring substituents is 2. The van der Waals surface area contributed by atoms with Gasteiger partial charge in [0.1, 0.15) is 6.04 Å². The van der Waals surface area contributed by atoms with E-state index >= 15 is 0 Å². The van der Waals surface area contributed by atoms with Crippen LogP contribution >= 0.6 is 0 Å². The van der Waals surface area contributed by atoms with Crippen molar-refractivity contribution in [3.05, 3.63) is 92.0 Å². The zero-order valence-electron chi connectivity index (χ0n) is 15.1. The Morgan fingerprint density at radius 1 is 0.833 bits per heavy atom. The molecule has 0 aliphatic heterocycles. The minimum Gasteiger partial charge on any atom is -0.504 e. The fourth-order valence-electron chi connectivity index (χ4n) is 2.73. The molecule has 11 nitrogen and oxygen atoms in total. The van der Waals surface area contributed by atoms with Gasteiger partial charge in [0.15, 0.2) is 17.2 Å². The van der Waals surface area contributed by atoms with Crippen LogP contribution in [0.2, 0.25) is 0 Å². The third-order valence-electron chi connectivity index (χ3n) is 4.22. The number of hydrogen-bond acceptors (Lipinski definition) is 9. The Morgan fingerprint density at radius 2 is 1.53 bits per heavy atom. The van der Waals surface area contributed by atoms with E-state index in [9.17, 15) is 35.5 Å². The van der Waals surface area contributed by atoms with Crippen molar-refractivity contribution in [2.24, 2.45) is 10.2 Å². The minimum absolute atomic E-state index is 0.0878. The van der Waals surface area contributed by atoms with Crippen molar-refractivity contribution in [2.75, 3.05) is 0 Å². The summed E-state index contributed by atoms with van der Waals surface area (Å²) in [7, 11) is 0. The Bertz CT molecular complexity index is 1150. The van der Waals surface area contributed by atoms with Crippen LogP contribution in [0.1, 0.15) is 17.2 Å². The summed E-state index contributed by atoms with van der Waals surface area (Å²) in [6.07, 6.45) is 0. The van der Waals surface area contributed by atoms with E-state index in [1.165, 1.54) is 6.07 Å². The zero-order valence-corrected chi connectivity index (χ0v) is 15.1. The van der Waals surface area contributed by atoms with E-state index in [0.717, 1.165) is 24.3 Å². The van der Waals surface area contributed by atoms with E-state index in [1.807, 2.05) is 0 Å². The summed E-state index contributed by atoms with van der Waals surface area (Å²) in [4.78, 5) is 20.6. The van der Waals surface area contributed by atoms with Crippen LogP contribution in [0, 0.1) is 20.2 Å². The number of nitrogens with zero attached hydrogens (tertiary/aromatic N) is 4. The molecule has 0 saturated heterocycles. The van der Waals surface area contributed by atoms with Gasteiger partial charge in [0, 0.05) is 11.6 Å². The molecular formula is C19H14N4O7. The maximum Gasteiger partial charge on any atom is 0.303 e. The van der Waals surface area contributed by atoms with E-state index in [-0.39, 0.29) is 11.3 Å². The molecule has 152 valence electrons. The third-order valence-corrected chi connectivity index (χ3v) is 4.22. The highest BCUT2D eigenvalue weighted by Crippen LogP contribution is 2.43. The summed E-state index contributed by atoms with van der Waals surface area (Å²) >= 11 is 0. The first-order valence-electron chi connectivity index (χ1n) is 8.42. The molecule has 30 heavy (non-hydrogen) atoms. The van der Waals surface area contributed by atoms with E-state index < -0.39 is 44.5 Å². The van der Waals surface area contributed by atoms with Crippen LogP contribution in [-0.2, 0) is 0 Å². The zero-order chi connectivity index (χ0) is 21.8. The molecule has 0 bridgehead atoms. The lowest BCUT2D eigenvalue weighted by atomic mass is 9.98. The predicted molar refractivity (Wildman–Crippen MR) is 104 cm³/mol. The second kappa shape index (κ2) is 8.22. The fourth-order valence-corrected chi connectivity index (χ4v) is 2.73. The van der Waals surface area contributed by atoms with Gasteiger partial charge in [0.25, 0.3) is 5.69 Å². The van der Waals surface area contributed by atoms with Crippen molar-refractivity contribution in [1.82, 2.24) is 0 Å². The van der Waals surface area contributed by atoms with Crippen molar-refractivity contribution in [3.8, 4) is 17.2 Å². The maximum absolute atomic E-state index is 11.3. The van der Waals surface area contributed by atoms with Gasteiger partial charge in [-0.25, -0.2) is 0 Å². The molecule has 0 radical (unpaired) electrons. The average Bonchev–Trinajstić information content (AvgIpc) is 2.74. The lowest BCUT2D eigenvalue weighted by Crippen LogP contribution is -1.98. The van der Waals surface area contributed by atoms with Crippen LogP contribution in [0.5, 0.6) is 17.2 Å². The number of aromatic hydroxyl groups is 3. The molecule has 0 spiro atoms. The van der Waals surface area contributed by atoms with Crippen molar-refractivity contribution < 1.29 is 25.2 Å². The predicted octanol–water partition coefficient (Wildman–Crippen LogP) is 4.49. The molecule has 3 N–H and O–H groups in total. The van der Waals surface area contributed by atoms with Crippen molar-refractivity contribution in [1.29, 1.82) is 0 Å². The number of phenols is 3. The van der Waals surface area contributed by atoms with Crippen molar-refractivity contribution in [3.63, 3.8) is 0 Å². The monoisotopic (exact) mass is 410 g/mol. The van der Waals surface area contributed by atoms with Gasteiger partial charge < -0.3 is 15.3 Å². The van der Waals surface area contributed by atoms with Crippen LogP contribution in [0.25, 0.3) is 0 Å². The number of rotatable bonds is 6. The molecule has 0 heterocycles. The molecule has 3 rings (SSSR count). The van der Waals surface area contributed by atoms with E-state index in [0.29, 0.717) is 5.56 Å². The van der Waals surface area contributed by atoms with Gasteiger partial charge in [-0.05, 0) is 23.8 Å². The number of nitro groups is 2. The van der Waals surface area contributed by atoms with Gasteiger partial charge in [0.2, 0.25) is 5.75 Å². The topological polar surface area (TPSA) is 172 Å². The number of azo groups is 1. The summed E-state index contributed by atoms with van der Waals surface area (Å²) in [5.41, 5.74) is -0.691. The maximum atomic E-state index is 11.3. The smallest absolute Gasteiger partial charge is 0.303 e. The number of non-ortho nitro benzene ring substituents is 1. The largest absolute Gasteiger partial charge is 0.504 e. The summed E-state index contributed by atoms with van der Waals surface area (Å²) in [5.74, 6) is -1.91. The molecule has 1 unspecified atom stereocenters. The SMILES string of the molecule is O=[N+]([O-])c1ccc(N=NC(c2ccccc2)c2ccc(O)c(O)c2O)c([N+](=O)[O-])c1. The van der Waals surface area contributed by atoms with Crippen molar-refractivity contribution >= 4 is 17.1 Å². The average molecular weight is 410 g/mol. The highest BCUT2D eigenvalue weighted by molar-refractivity contribution is 5.61. The van der Waals surface area contributed by atoms with Gasteiger partial charge in [-0.2, -0.15) is 5.11 Å². The first kappa shape index (κ1) is 20.2. The molecule has 3 aromatic rings. The second-order valence-electron chi connectivity index (χ2n) is 6.09. The molecule has 0 aromatic heterocycles. The standard InChI is InChI=1S/C19H14N4O7/c24-16-9-7-13(18(25)19(16)26)17(11-4-2-1-3-5-11)21-20-14-8-6-12(22(27)28)10-15(14)23(29)30/h1-10,17,24-26H. The third kappa shape index (κ3) is 3.99. The second-order valence-corrected chi connectivity index (χ2v) is 6.09. The first-order valence-corrected chi connectivity index (χ1v) is 8.42. The first-order chi connectivity index (χ1) is 14.3. The summed E-state index contributed by atoms with van der Waals surface area (Å²) < 4.78 is 0. The fraction of sp³-hybridized carbons (Fsp3) is 0.0526. The molecule has 0 saturated carbocycles. The van der Waals surface area contributed by atoms with Crippen molar-refractivity contribution in [2.45, 2.75) is 6.04 Å². The van der Waals surface area contributed by atoms with Gasteiger partial charge in [-0.1, -0.05) is 30.3 Å². The summed E-state index contributed by atoms with van der Waals surface area (Å²) in [5, 5.41) is 59.8. The molecule has 0 fully saturated rings. The summed E-state index contributed by atoms with van der Waals surface area (Å²) in [6.45, 7) is 0.